The van der Waals surface area contributed by atoms with Crippen molar-refractivity contribution in [2.45, 2.75) is 46.0 Å². The minimum Gasteiger partial charge on any atom is -0.309 e. The summed E-state index contributed by atoms with van der Waals surface area (Å²) >= 11 is 0. The fourth-order valence-electron chi connectivity index (χ4n) is 3.09. The first-order chi connectivity index (χ1) is 11.6. The second-order valence-corrected chi connectivity index (χ2v) is 6.21. The maximum atomic E-state index is 12.5. The number of amides is 1. The van der Waals surface area contributed by atoms with Gasteiger partial charge < -0.3 is 5.32 Å². The maximum absolute atomic E-state index is 12.5. The van der Waals surface area contributed by atoms with Gasteiger partial charge in [0.05, 0.1) is 6.20 Å². The number of anilines is 1. The molecule has 7 nitrogen and oxygen atoms in total. The van der Waals surface area contributed by atoms with Gasteiger partial charge in [0.1, 0.15) is 11.6 Å². The number of hydrogen-bond donors (Lipinski definition) is 1. The zero-order chi connectivity index (χ0) is 17.1. The number of nitrogens with zero attached hydrogens (tertiary/aromatic N) is 5. The molecular weight excluding hydrogens is 304 g/mol. The van der Waals surface area contributed by atoms with Crippen LogP contribution in [0, 0.1) is 31.1 Å². The van der Waals surface area contributed by atoms with Crippen molar-refractivity contribution in [1.82, 2.24) is 19.7 Å². The van der Waals surface area contributed by atoms with Crippen LogP contribution in [0.5, 0.6) is 0 Å². The SMILES string of the molecule is Cc1cc(C)nc(-n2ncc(C#N)c2NC(=O)C2CCCCC2)n1. The van der Waals surface area contributed by atoms with E-state index in [1.54, 1.807) is 0 Å². The fraction of sp³-hybridized carbons (Fsp3) is 0.471. The van der Waals surface area contributed by atoms with Gasteiger partial charge in [-0.1, -0.05) is 19.3 Å². The molecule has 0 atom stereocenters. The lowest BCUT2D eigenvalue weighted by molar-refractivity contribution is -0.120. The molecule has 2 aromatic rings. The first-order valence-electron chi connectivity index (χ1n) is 8.20. The number of aryl methyl sites for hydroxylation is 2. The lowest BCUT2D eigenvalue weighted by Gasteiger charge is -2.21. The Bertz CT molecular complexity index is 778. The van der Waals surface area contributed by atoms with Crippen molar-refractivity contribution < 1.29 is 4.79 Å². The highest BCUT2D eigenvalue weighted by Gasteiger charge is 2.24. The smallest absolute Gasteiger partial charge is 0.252 e. The van der Waals surface area contributed by atoms with Crippen LogP contribution in [0.1, 0.15) is 49.1 Å². The van der Waals surface area contributed by atoms with E-state index in [-0.39, 0.29) is 11.8 Å². The number of carbonyl (C=O) groups is 1. The third kappa shape index (κ3) is 3.27. The van der Waals surface area contributed by atoms with Gasteiger partial charge >= 0.3 is 0 Å². The molecule has 0 unspecified atom stereocenters. The number of carbonyl (C=O) groups excluding carboxylic acids is 1. The largest absolute Gasteiger partial charge is 0.309 e. The Balaban J connectivity index is 1.93. The summed E-state index contributed by atoms with van der Waals surface area (Å²) < 4.78 is 1.43. The molecule has 0 radical (unpaired) electrons. The van der Waals surface area contributed by atoms with Crippen LogP contribution >= 0.6 is 0 Å². The lowest BCUT2D eigenvalue weighted by atomic mass is 9.89. The van der Waals surface area contributed by atoms with Crippen LogP contribution < -0.4 is 5.32 Å². The molecule has 1 N–H and O–H groups in total. The number of nitrogens with one attached hydrogen (secondary N) is 1. The van der Waals surface area contributed by atoms with E-state index in [9.17, 15) is 10.1 Å². The summed E-state index contributed by atoms with van der Waals surface area (Å²) in [4.78, 5) is 21.3. The van der Waals surface area contributed by atoms with Crippen LogP contribution in [0.3, 0.4) is 0 Å². The molecule has 2 aromatic heterocycles. The number of hydrogen-bond acceptors (Lipinski definition) is 5. The minimum atomic E-state index is -0.0580. The highest BCUT2D eigenvalue weighted by atomic mass is 16.2. The van der Waals surface area contributed by atoms with E-state index in [1.807, 2.05) is 19.9 Å². The summed E-state index contributed by atoms with van der Waals surface area (Å²) in [5.41, 5.74) is 1.91. The second kappa shape index (κ2) is 6.79. The summed E-state index contributed by atoms with van der Waals surface area (Å²) in [7, 11) is 0. The van der Waals surface area contributed by atoms with E-state index >= 15 is 0 Å². The van der Waals surface area contributed by atoms with Crippen molar-refractivity contribution in [1.29, 1.82) is 5.26 Å². The molecule has 1 aliphatic rings. The third-order valence-corrected chi connectivity index (χ3v) is 4.27. The molecule has 124 valence electrons. The number of nitriles is 1. The summed E-state index contributed by atoms with van der Waals surface area (Å²) in [6.45, 7) is 3.74. The van der Waals surface area contributed by atoms with Gasteiger partial charge in [-0.3, -0.25) is 4.79 Å². The minimum absolute atomic E-state index is 0.00573. The molecule has 0 saturated heterocycles. The molecule has 24 heavy (non-hydrogen) atoms. The Kier molecular flexibility index (Phi) is 4.56. The van der Waals surface area contributed by atoms with E-state index in [2.05, 4.69) is 26.5 Å². The van der Waals surface area contributed by atoms with Gasteiger partial charge in [0.2, 0.25) is 5.91 Å². The predicted molar refractivity (Wildman–Crippen MR) is 88.5 cm³/mol. The van der Waals surface area contributed by atoms with E-state index in [0.29, 0.717) is 17.3 Å². The van der Waals surface area contributed by atoms with Crippen LogP contribution in [-0.2, 0) is 4.79 Å². The number of rotatable bonds is 3. The number of aromatic nitrogens is 4. The summed E-state index contributed by atoms with van der Waals surface area (Å²) in [5.74, 6) is 0.636. The Morgan fingerprint density at radius 2 is 1.92 bits per heavy atom. The Labute approximate surface area is 140 Å². The molecule has 1 saturated carbocycles. The summed E-state index contributed by atoms with van der Waals surface area (Å²) in [6.07, 6.45) is 6.54. The van der Waals surface area contributed by atoms with E-state index < -0.39 is 0 Å². The van der Waals surface area contributed by atoms with Gasteiger partial charge in [0.15, 0.2) is 5.82 Å². The molecule has 7 heteroatoms. The van der Waals surface area contributed by atoms with Crippen molar-refractivity contribution in [3.8, 4) is 12.0 Å². The maximum Gasteiger partial charge on any atom is 0.252 e. The molecule has 3 rings (SSSR count). The second-order valence-electron chi connectivity index (χ2n) is 6.21. The van der Waals surface area contributed by atoms with Gasteiger partial charge in [0, 0.05) is 17.3 Å². The molecule has 1 aliphatic carbocycles. The standard InChI is InChI=1S/C17H20N6O/c1-11-8-12(2)21-17(20-11)23-15(14(9-18)10-19-23)22-16(24)13-6-4-3-5-7-13/h8,10,13H,3-7H2,1-2H3,(H,22,24). The molecule has 0 bridgehead atoms. The first-order valence-corrected chi connectivity index (χ1v) is 8.20. The third-order valence-electron chi connectivity index (χ3n) is 4.27. The molecule has 0 spiro atoms. The highest BCUT2D eigenvalue weighted by Crippen LogP contribution is 2.26. The quantitative estimate of drug-likeness (QED) is 0.936. The van der Waals surface area contributed by atoms with Crippen molar-refractivity contribution in [3.63, 3.8) is 0 Å². The van der Waals surface area contributed by atoms with Crippen LogP contribution in [0.15, 0.2) is 12.3 Å². The molecule has 0 aromatic carbocycles. The van der Waals surface area contributed by atoms with Gasteiger partial charge in [-0.15, -0.1) is 0 Å². The highest BCUT2D eigenvalue weighted by molar-refractivity contribution is 5.93. The predicted octanol–water partition coefficient (Wildman–Crippen LogP) is 2.67. The monoisotopic (exact) mass is 324 g/mol. The van der Waals surface area contributed by atoms with Crippen LogP contribution in [0.25, 0.3) is 5.95 Å². The van der Waals surface area contributed by atoms with Gasteiger partial charge in [-0.2, -0.15) is 15.0 Å². The van der Waals surface area contributed by atoms with Crippen molar-refractivity contribution in [2.24, 2.45) is 5.92 Å². The zero-order valence-electron chi connectivity index (χ0n) is 13.9. The summed E-state index contributed by atoms with van der Waals surface area (Å²) in [5, 5.41) is 16.4. The lowest BCUT2D eigenvalue weighted by Crippen LogP contribution is -2.26. The normalized spacial score (nSPS) is 15.0. The molecule has 1 amide bonds. The van der Waals surface area contributed by atoms with Crippen molar-refractivity contribution in [3.05, 3.63) is 29.2 Å². The Morgan fingerprint density at radius 1 is 1.25 bits per heavy atom. The van der Waals surface area contributed by atoms with Crippen LogP contribution in [0.2, 0.25) is 0 Å². The molecule has 1 fully saturated rings. The Hall–Kier alpha value is -2.75. The van der Waals surface area contributed by atoms with Gasteiger partial charge in [-0.25, -0.2) is 9.97 Å². The zero-order valence-corrected chi connectivity index (χ0v) is 13.9. The van der Waals surface area contributed by atoms with Gasteiger partial charge in [0.25, 0.3) is 5.95 Å². The van der Waals surface area contributed by atoms with Crippen LogP contribution in [-0.4, -0.2) is 25.7 Å². The summed E-state index contributed by atoms with van der Waals surface area (Å²) in [6, 6.07) is 3.93. The van der Waals surface area contributed by atoms with E-state index in [4.69, 9.17) is 0 Å². The average molecular weight is 324 g/mol. The topological polar surface area (TPSA) is 96.5 Å². The average Bonchev–Trinajstić information content (AvgIpc) is 2.97. The Morgan fingerprint density at radius 3 is 2.54 bits per heavy atom. The molecule has 2 heterocycles. The first kappa shape index (κ1) is 16.1. The van der Waals surface area contributed by atoms with E-state index in [1.165, 1.54) is 17.3 Å². The van der Waals surface area contributed by atoms with Crippen molar-refractivity contribution in [2.75, 3.05) is 5.32 Å². The van der Waals surface area contributed by atoms with Crippen molar-refractivity contribution >= 4 is 11.7 Å². The molecule has 0 aliphatic heterocycles. The van der Waals surface area contributed by atoms with Crippen LogP contribution in [0.4, 0.5) is 5.82 Å². The molecular formula is C17H20N6O. The van der Waals surface area contributed by atoms with Gasteiger partial charge in [-0.05, 0) is 32.8 Å². The van der Waals surface area contributed by atoms with E-state index in [0.717, 1.165) is 37.1 Å². The fourth-order valence-corrected chi connectivity index (χ4v) is 3.09.